The Balaban J connectivity index is 1.71. The van der Waals surface area contributed by atoms with Crippen molar-refractivity contribution in [3.8, 4) is 5.69 Å². The van der Waals surface area contributed by atoms with Crippen LogP contribution in [0.25, 0.3) is 5.69 Å². The normalized spacial score (nSPS) is 10.6. The summed E-state index contributed by atoms with van der Waals surface area (Å²) in [5, 5.41) is 7.51. The zero-order valence-corrected chi connectivity index (χ0v) is 13.9. The van der Waals surface area contributed by atoms with Gasteiger partial charge in [0.2, 0.25) is 5.91 Å². The molecule has 3 aromatic rings. The van der Waals surface area contributed by atoms with Crippen LogP contribution in [0.15, 0.2) is 54.9 Å². The van der Waals surface area contributed by atoms with E-state index >= 15 is 0 Å². The summed E-state index contributed by atoms with van der Waals surface area (Å²) in [7, 11) is 0. The molecule has 1 N–H and O–H groups in total. The minimum atomic E-state index is -0.0161. The van der Waals surface area contributed by atoms with Gasteiger partial charge in [0.1, 0.15) is 0 Å². The molecule has 2 heterocycles. The summed E-state index contributed by atoms with van der Waals surface area (Å²) >= 11 is 0. The lowest BCUT2D eigenvalue weighted by Gasteiger charge is -2.07. The van der Waals surface area contributed by atoms with Gasteiger partial charge < -0.3 is 5.32 Å². The van der Waals surface area contributed by atoms with Crippen LogP contribution < -0.4 is 5.32 Å². The van der Waals surface area contributed by atoms with Crippen molar-refractivity contribution >= 4 is 5.91 Å². The molecular formula is C19H20N4O. The first kappa shape index (κ1) is 15.9. The second kappa shape index (κ2) is 7.08. The fourth-order valence-electron chi connectivity index (χ4n) is 2.68. The lowest BCUT2D eigenvalue weighted by molar-refractivity contribution is -0.120. The Labute approximate surface area is 141 Å². The van der Waals surface area contributed by atoms with Gasteiger partial charge >= 0.3 is 0 Å². The molecule has 3 rings (SSSR count). The van der Waals surface area contributed by atoms with Crippen molar-refractivity contribution in [1.29, 1.82) is 0 Å². The zero-order valence-electron chi connectivity index (χ0n) is 13.9. The van der Waals surface area contributed by atoms with E-state index in [1.807, 2.05) is 61.0 Å². The Hall–Kier alpha value is -2.95. The van der Waals surface area contributed by atoms with Gasteiger partial charge in [-0.15, -0.1) is 0 Å². The Morgan fingerprint density at radius 3 is 2.62 bits per heavy atom. The molecule has 0 bridgehead atoms. The highest BCUT2D eigenvalue weighted by Crippen LogP contribution is 2.18. The first-order chi connectivity index (χ1) is 11.6. The molecule has 1 aromatic carbocycles. The Kier molecular flexibility index (Phi) is 4.70. The van der Waals surface area contributed by atoms with Crippen molar-refractivity contribution in [2.75, 3.05) is 0 Å². The van der Waals surface area contributed by atoms with Crippen molar-refractivity contribution in [3.63, 3.8) is 0 Å². The third-order valence-corrected chi connectivity index (χ3v) is 3.99. The molecule has 0 atom stereocenters. The highest BCUT2D eigenvalue weighted by atomic mass is 16.1. The summed E-state index contributed by atoms with van der Waals surface area (Å²) in [6.07, 6.45) is 3.80. The molecule has 0 aliphatic heterocycles. The predicted octanol–water partition coefficient (Wildman–Crippen LogP) is 2.74. The molecule has 0 aliphatic carbocycles. The fourth-order valence-corrected chi connectivity index (χ4v) is 2.68. The summed E-state index contributed by atoms with van der Waals surface area (Å²) in [6, 6.07) is 13.7. The van der Waals surface area contributed by atoms with E-state index in [9.17, 15) is 4.79 Å². The van der Waals surface area contributed by atoms with Gasteiger partial charge in [-0.3, -0.25) is 9.78 Å². The van der Waals surface area contributed by atoms with Gasteiger partial charge in [0.15, 0.2) is 0 Å². The van der Waals surface area contributed by atoms with Gasteiger partial charge in [0.05, 0.1) is 17.8 Å². The topological polar surface area (TPSA) is 59.8 Å². The number of rotatable bonds is 5. The molecule has 5 heteroatoms. The Bertz CT molecular complexity index is 825. The van der Waals surface area contributed by atoms with Crippen molar-refractivity contribution < 1.29 is 4.79 Å². The SMILES string of the molecule is Cc1nn(-c2ccccc2)c(C)c1CC(=O)NCc1cccnc1. The summed E-state index contributed by atoms with van der Waals surface area (Å²) < 4.78 is 1.89. The van der Waals surface area contributed by atoms with Crippen molar-refractivity contribution in [1.82, 2.24) is 20.1 Å². The zero-order chi connectivity index (χ0) is 16.9. The van der Waals surface area contributed by atoms with Crippen molar-refractivity contribution in [3.05, 3.63) is 77.4 Å². The van der Waals surface area contributed by atoms with Crippen LogP contribution in [0.1, 0.15) is 22.5 Å². The first-order valence-corrected chi connectivity index (χ1v) is 7.91. The molecule has 1 amide bonds. The number of amides is 1. The molecule has 0 unspecified atom stereocenters. The van der Waals surface area contributed by atoms with Crippen LogP contribution in [-0.4, -0.2) is 20.7 Å². The Morgan fingerprint density at radius 2 is 1.92 bits per heavy atom. The maximum Gasteiger partial charge on any atom is 0.224 e. The van der Waals surface area contributed by atoms with E-state index in [-0.39, 0.29) is 5.91 Å². The fraction of sp³-hybridized carbons (Fsp3) is 0.211. The molecule has 5 nitrogen and oxygen atoms in total. The highest BCUT2D eigenvalue weighted by molar-refractivity contribution is 5.79. The number of nitrogens with one attached hydrogen (secondary N) is 1. The number of benzene rings is 1. The molecule has 0 aliphatic rings. The molecular weight excluding hydrogens is 300 g/mol. The summed E-state index contributed by atoms with van der Waals surface area (Å²) in [4.78, 5) is 16.3. The minimum Gasteiger partial charge on any atom is -0.352 e. The Morgan fingerprint density at radius 1 is 1.12 bits per heavy atom. The maximum absolute atomic E-state index is 12.3. The molecule has 0 saturated heterocycles. The highest BCUT2D eigenvalue weighted by Gasteiger charge is 2.15. The molecule has 0 radical (unpaired) electrons. The van der Waals surface area contributed by atoms with E-state index in [4.69, 9.17) is 0 Å². The van der Waals surface area contributed by atoms with E-state index in [0.717, 1.165) is 28.2 Å². The van der Waals surface area contributed by atoms with E-state index in [1.165, 1.54) is 0 Å². The van der Waals surface area contributed by atoms with Crippen LogP contribution in [0, 0.1) is 13.8 Å². The van der Waals surface area contributed by atoms with Crippen molar-refractivity contribution in [2.45, 2.75) is 26.8 Å². The number of para-hydroxylation sites is 1. The number of aromatic nitrogens is 3. The van der Waals surface area contributed by atoms with Crippen molar-refractivity contribution in [2.24, 2.45) is 0 Å². The maximum atomic E-state index is 12.3. The number of nitrogens with zero attached hydrogens (tertiary/aromatic N) is 3. The van der Waals surface area contributed by atoms with Crippen LogP contribution >= 0.6 is 0 Å². The number of hydrogen-bond donors (Lipinski definition) is 1. The molecule has 0 spiro atoms. The summed E-state index contributed by atoms with van der Waals surface area (Å²) in [6.45, 7) is 4.42. The number of pyridine rings is 1. The minimum absolute atomic E-state index is 0.0161. The predicted molar refractivity (Wildman–Crippen MR) is 92.8 cm³/mol. The van der Waals surface area contributed by atoms with Crippen LogP contribution in [-0.2, 0) is 17.8 Å². The summed E-state index contributed by atoms with van der Waals surface area (Å²) in [5.74, 6) is -0.0161. The van der Waals surface area contributed by atoms with E-state index in [0.29, 0.717) is 13.0 Å². The number of hydrogen-bond acceptors (Lipinski definition) is 3. The van der Waals surface area contributed by atoms with Gasteiger partial charge in [0.25, 0.3) is 0 Å². The molecule has 0 fully saturated rings. The standard InChI is InChI=1S/C19H20N4O/c1-14-18(11-19(24)21-13-16-7-6-10-20-12-16)15(2)23(22-14)17-8-4-3-5-9-17/h3-10,12H,11,13H2,1-2H3,(H,21,24). The largest absolute Gasteiger partial charge is 0.352 e. The van der Waals surface area contributed by atoms with Crippen LogP contribution in [0.2, 0.25) is 0 Å². The van der Waals surface area contributed by atoms with Crippen LogP contribution in [0.5, 0.6) is 0 Å². The van der Waals surface area contributed by atoms with Gasteiger partial charge in [-0.05, 0) is 37.6 Å². The van der Waals surface area contributed by atoms with Gasteiger partial charge in [-0.2, -0.15) is 5.10 Å². The second-order valence-corrected chi connectivity index (χ2v) is 5.71. The monoisotopic (exact) mass is 320 g/mol. The van der Waals surface area contributed by atoms with E-state index in [1.54, 1.807) is 12.4 Å². The van der Waals surface area contributed by atoms with Gasteiger partial charge in [-0.1, -0.05) is 24.3 Å². The average Bonchev–Trinajstić information content (AvgIpc) is 2.90. The van der Waals surface area contributed by atoms with Crippen LogP contribution in [0.4, 0.5) is 0 Å². The lowest BCUT2D eigenvalue weighted by atomic mass is 10.1. The first-order valence-electron chi connectivity index (χ1n) is 7.91. The number of carbonyl (C=O) groups excluding carboxylic acids is 1. The smallest absolute Gasteiger partial charge is 0.224 e. The molecule has 122 valence electrons. The van der Waals surface area contributed by atoms with Gasteiger partial charge in [-0.25, -0.2) is 4.68 Å². The van der Waals surface area contributed by atoms with E-state index in [2.05, 4.69) is 15.4 Å². The third kappa shape index (κ3) is 3.51. The number of aryl methyl sites for hydroxylation is 1. The molecule has 2 aromatic heterocycles. The quantitative estimate of drug-likeness (QED) is 0.786. The number of carbonyl (C=O) groups is 1. The second-order valence-electron chi connectivity index (χ2n) is 5.71. The van der Waals surface area contributed by atoms with Crippen LogP contribution in [0.3, 0.4) is 0 Å². The molecule has 0 saturated carbocycles. The third-order valence-electron chi connectivity index (χ3n) is 3.99. The molecule has 24 heavy (non-hydrogen) atoms. The lowest BCUT2D eigenvalue weighted by Crippen LogP contribution is -2.25. The summed E-state index contributed by atoms with van der Waals surface area (Å²) in [5.41, 5.74) is 4.84. The van der Waals surface area contributed by atoms with E-state index < -0.39 is 0 Å². The average molecular weight is 320 g/mol. The van der Waals surface area contributed by atoms with Gasteiger partial charge in [0, 0.05) is 30.2 Å².